The van der Waals surface area contributed by atoms with E-state index >= 15 is 0 Å². The number of halogens is 4. The number of imide groups is 1. The third-order valence-corrected chi connectivity index (χ3v) is 12.0. The number of carbonyl (C=O) groups is 5. The average molecular weight is 749 g/mol. The number of hydrogen-bond acceptors (Lipinski definition) is 6. The van der Waals surface area contributed by atoms with Crippen LogP contribution in [0.25, 0.3) is 0 Å². The van der Waals surface area contributed by atoms with Crippen LogP contribution in [0.2, 0.25) is 10.0 Å². The normalized spacial score (nSPS) is 25.5. The number of hydrogen-bond donors (Lipinski definition) is 0. The Morgan fingerprint density at radius 3 is 2.02 bits per heavy atom. The standard InChI is InChI=1S/C31H22Br2Cl2N2O6/c32-26-20-13-21(27(26)33)25-24(20)29(40)37(30(25)41)36(28(39)19-11-8-17(34)12-22(19)35)14-23(38)15-6-9-18(10-7-15)43-31(42)16-4-2-1-3-5-16/h1-12,20-21,24-27H,13-14H2/t20-,21-,24-,25+,26+,27+/m1/s1. The molecule has 2 aliphatic carbocycles. The molecule has 12 heteroatoms. The van der Waals surface area contributed by atoms with E-state index in [4.69, 9.17) is 27.9 Å². The molecule has 43 heavy (non-hydrogen) atoms. The summed E-state index contributed by atoms with van der Waals surface area (Å²) in [6, 6.07) is 18.5. The van der Waals surface area contributed by atoms with Crippen LogP contribution in [0.1, 0.15) is 37.5 Å². The van der Waals surface area contributed by atoms with Gasteiger partial charge in [0, 0.05) is 20.2 Å². The first-order chi connectivity index (χ1) is 20.6. The summed E-state index contributed by atoms with van der Waals surface area (Å²) in [5.74, 6) is -4.06. The van der Waals surface area contributed by atoms with Crippen molar-refractivity contribution in [3.63, 3.8) is 0 Å². The zero-order valence-corrected chi connectivity index (χ0v) is 26.8. The summed E-state index contributed by atoms with van der Waals surface area (Å²) >= 11 is 19.7. The van der Waals surface area contributed by atoms with Gasteiger partial charge in [-0.25, -0.2) is 9.80 Å². The van der Waals surface area contributed by atoms with E-state index in [-0.39, 0.29) is 43.4 Å². The molecule has 1 heterocycles. The molecule has 1 saturated heterocycles. The molecule has 3 aromatic rings. The maximum Gasteiger partial charge on any atom is 0.343 e. The van der Waals surface area contributed by atoms with Gasteiger partial charge in [-0.3, -0.25) is 19.2 Å². The molecule has 6 rings (SSSR count). The number of esters is 1. The number of ether oxygens (including phenoxy) is 1. The van der Waals surface area contributed by atoms with Gasteiger partial charge >= 0.3 is 5.97 Å². The van der Waals surface area contributed by atoms with Gasteiger partial charge in [0.05, 0.1) is 28.0 Å². The Balaban J connectivity index is 1.27. The lowest BCUT2D eigenvalue weighted by molar-refractivity contribution is -0.154. The third kappa shape index (κ3) is 5.32. The molecule has 2 saturated carbocycles. The van der Waals surface area contributed by atoms with Crippen molar-refractivity contribution in [1.82, 2.24) is 10.0 Å². The van der Waals surface area contributed by atoms with Crippen LogP contribution < -0.4 is 4.74 Å². The van der Waals surface area contributed by atoms with Gasteiger partial charge in [-0.2, -0.15) is 5.01 Å². The lowest BCUT2D eigenvalue weighted by Gasteiger charge is -2.31. The minimum atomic E-state index is -0.789. The molecule has 1 aliphatic heterocycles. The van der Waals surface area contributed by atoms with Crippen LogP contribution in [0.3, 0.4) is 0 Å². The smallest absolute Gasteiger partial charge is 0.343 e. The number of carbonyl (C=O) groups excluding carboxylic acids is 5. The van der Waals surface area contributed by atoms with Gasteiger partial charge in [-0.1, -0.05) is 73.3 Å². The van der Waals surface area contributed by atoms with E-state index in [9.17, 15) is 24.0 Å². The monoisotopic (exact) mass is 746 g/mol. The second-order valence-electron chi connectivity index (χ2n) is 10.7. The van der Waals surface area contributed by atoms with Crippen LogP contribution in [0.4, 0.5) is 0 Å². The summed E-state index contributed by atoms with van der Waals surface area (Å²) in [6.07, 6.45) is 0.712. The van der Waals surface area contributed by atoms with Gasteiger partial charge in [0.2, 0.25) is 0 Å². The zero-order chi connectivity index (χ0) is 30.6. The predicted molar refractivity (Wildman–Crippen MR) is 166 cm³/mol. The summed E-state index contributed by atoms with van der Waals surface area (Å²) in [6.45, 7) is -0.608. The molecule has 8 nitrogen and oxygen atoms in total. The first kappa shape index (κ1) is 30.0. The number of hydrazine groups is 1. The van der Waals surface area contributed by atoms with Crippen LogP contribution in [0.15, 0.2) is 72.8 Å². The first-order valence-electron chi connectivity index (χ1n) is 13.4. The Bertz CT molecular complexity index is 1620. The molecule has 2 bridgehead atoms. The lowest BCUT2D eigenvalue weighted by atomic mass is 9.81. The van der Waals surface area contributed by atoms with E-state index < -0.39 is 47.9 Å². The van der Waals surface area contributed by atoms with Gasteiger partial charge in [-0.15, -0.1) is 0 Å². The Morgan fingerprint density at radius 1 is 0.837 bits per heavy atom. The Hall–Kier alpha value is -3.05. The SMILES string of the molecule is O=C(CN(C(=O)c1ccc(Cl)cc1Cl)N1C(=O)[C@@H]2[C@H]3C[C@@H]([C@H](Br)[C@H]3Br)[C@@H]2C1=O)c1ccc(OC(=O)c2ccccc2)cc1. The van der Waals surface area contributed by atoms with E-state index in [1.807, 2.05) is 0 Å². The van der Waals surface area contributed by atoms with Crippen LogP contribution in [0.5, 0.6) is 5.75 Å². The quantitative estimate of drug-likeness (QED) is 0.0935. The number of Topliss-reactive ketones (excluding diaryl/α,β-unsaturated/α-hetero) is 1. The largest absolute Gasteiger partial charge is 0.423 e. The topological polar surface area (TPSA) is 101 Å². The average Bonchev–Trinajstić information content (AvgIpc) is 3.61. The van der Waals surface area contributed by atoms with Gasteiger partial charge in [0.1, 0.15) is 12.3 Å². The van der Waals surface area contributed by atoms with Crippen molar-refractivity contribution in [3.8, 4) is 5.75 Å². The second kappa shape index (κ2) is 11.8. The molecule has 220 valence electrons. The molecule has 0 N–H and O–H groups in total. The molecule has 3 aliphatic rings. The maximum absolute atomic E-state index is 13.9. The third-order valence-electron chi connectivity index (χ3n) is 8.29. The molecule has 0 spiro atoms. The van der Waals surface area contributed by atoms with Crippen molar-refractivity contribution >= 4 is 84.5 Å². The highest BCUT2D eigenvalue weighted by atomic mass is 79.9. The summed E-state index contributed by atoms with van der Waals surface area (Å²) in [7, 11) is 0. The summed E-state index contributed by atoms with van der Waals surface area (Å²) in [5.41, 5.74) is 0.535. The highest BCUT2D eigenvalue weighted by Gasteiger charge is 2.67. The van der Waals surface area contributed by atoms with Gasteiger partial charge in [0.25, 0.3) is 17.7 Å². The van der Waals surface area contributed by atoms with Gasteiger partial charge < -0.3 is 4.74 Å². The molecule has 3 fully saturated rings. The van der Waals surface area contributed by atoms with E-state index in [1.165, 1.54) is 42.5 Å². The van der Waals surface area contributed by atoms with Crippen molar-refractivity contribution in [1.29, 1.82) is 0 Å². The molecular weight excluding hydrogens is 727 g/mol. The van der Waals surface area contributed by atoms with Gasteiger partial charge in [-0.05, 0) is 72.9 Å². The Kier molecular flexibility index (Phi) is 8.23. The molecule has 3 amide bonds. The lowest BCUT2D eigenvalue weighted by Crippen LogP contribution is -2.52. The molecule has 0 radical (unpaired) electrons. The van der Waals surface area contributed by atoms with Crippen molar-refractivity contribution in [2.75, 3.05) is 6.54 Å². The van der Waals surface area contributed by atoms with Gasteiger partial charge in [0.15, 0.2) is 5.78 Å². The van der Waals surface area contributed by atoms with Crippen LogP contribution in [-0.4, -0.2) is 55.7 Å². The highest BCUT2D eigenvalue weighted by Crippen LogP contribution is 2.60. The minimum Gasteiger partial charge on any atom is -0.423 e. The van der Waals surface area contributed by atoms with E-state index in [0.717, 1.165) is 10.0 Å². The number of rotatable bonds is 7. The number of nitrogens with zero attached hydrogens (tertiary/aromatic N) is 2. The summed E-state index contributed by atoms with van der Waals surface area (Å²) in [5, 5.41) is 2.03. The molecular formula is C31H22Br2Cl2N2O6. The fourth-order valence-electron chi connectivity index (χ4n) is 6.28. The molecule has 6 atom stereocenters. The number of alkyl halides is 2. The van der Waals surface area contributed by atoms with Crippen LogP contribution in [-0.2, 0) is 9.59 Å². The fraction of sp³-hybridized carbons (Fsp3) is 0.258. The zero-order valence-electron chi connectivity index (χ0n) is 22.2. The van der Waals surface area contributed by atoms with Crippen molar-refractivity contribution < 1.29 is 28.7 Å². The number of fused-ring (bicyclic) bond motifs is 5. The number of benzene rings is 3. The highest BCUT2D eigenvalue weighted by molar-refractivity contribution is 9.12. The minimum absolute atomic E-state index is 0.00134. The molecule has 3 aromatic carbocycles. The van der Waals surface area contributed by atoms with Crippen molar-refractivity contribution in [2.45, 2.75) is 16.1 Å². The number of ketones is 1. The summed E-state index contributed by atoms with van der Waals surface area (Å²) < 4.78 is 5.38. The molecule has 0 aromatic heterocycles. The molecule has 0 unspecified atom stereocenters. The number of amides is 3. The van der Waals surface area contributed by atoms with E-state index in [0.29, 0.717) is 17.0 Å². The van der Waals surface area contributed by atoms with E-state index in [2.05, 4.69) is 31.9 Å². The van der Waals surface area contributed by atoms with Crippen molar-refractivity contribution in [3.05, 3.63) is 99.5 Å². The maximum atomic E-state index is 13.9. The fourth-order valence-corrected chi connectivity index (χ4v) is 8.65. The van der Waals surface area contributed by atoms with Crippen molar-refractivity contribution in [2.24, 2.45) is 23.7 Å². The van der Waals surface area contributed by atoms with Crippen LogP contribution in [0, 0.1) is 23.7 Å². The Labute approximate surface area is 273 Å². The second-order valence-corrected chi connectivity index (χ2v) is 13.6. The van der Waals surface area contributed by atoms with Crippen LogP contribution >= 0.6 is 55.1 Å². The Morgan fingerprint density at radius 2 is 1.44 bits per heavy atom. The van der Waals surface area contributed by atoms with E-state index in [1.54, 1.807) is 30.3 Å². The summed E-state index contributed by atoms with van der Waals surface area (Å²) in [4.78, 5) is 67.4. The first-order valence-corrected chi connectivity index (χ1v) is 16.0. The predicted octanol–water partition coefficient (Wildman–Crippen LogP) is 6.23.